The molecule has 0 atom stereocenters. The molecule has 2 nitrogen and oxygen atoms in total. The zero-order valence-electron chi connectivity index (χ0n) is 8.79. The van der Waals surface area contributed by atoms with Crippen molar-refractivity contribution in [3.63, 3.8) is 0 Å². The average Bonchev–Trinajstić information content (AvgIpc) is 2.59. The predicted molar refractivity (Wildman–Crippen MR) is 66.1 cm³/mol. The van der Waals surface area contributed by atoms with E-state index in [2.05, 4.69) is 22.9 Å². The van der Waals surface area contributed by atoms with E-state index in [1.54, 1.807) is 11.3 Å². The van der Waals surface area contributed by atoms with Gasteiger partial charge in [0.15, 0.2) is 0 Å². The summed E-state index contributed by atoms with van der Waals surface area (Å²) < 4.78 is 1.25. The third kappa shape index (κ3) is 2.64. The molecular weight excluding hydrogens is 204 g/mol. The third-order valence-corrected chi connectivity index (χ3v) is 3.08. The fourth-order valence-electron chi connectivity index (χ4n) is 1.38. The lowest BCUT2D eigenvalue weighted by Gasteiger charge is -1.99. The number of nitrogens with one attached hydrogen (secondary N) is 1. The van der Waals surface area contributed by atoms with Crippen LogP contribution in [-0.4, -0.2) is 11.5 Å². The number of benzene rings is 1. The van der Waals surface area contributed by atoms with Crippen molar-refractivity contribution in [2.24, 2.45) is 0 Å². The molecule has 0 fully saturated rings. The number of rotatable bonds is 4. The highest BCUT2D eigenvalue weighted by Crippen LogP contribution is 2.21. The molecule has 0 amide bonds. The first kappa shape index (κ1) is 10.3. The number of fused-ring (bicyclic) bond motifs is 1. The van der Waals surface area contributed by atoms with Crippen LogP contribution in [-0.2, 0) is 6.54 Å². The van der Waals surface area contributed by atoms with E-state index in [0.29, 0.717) is 0 Å². The second-order valence-corrected chi connectivity index (χ2v) is 4.75. The number of aromatic nitrogens is 1. The quantitative estimate of drug-likeness (QED) is 0.798. The van der Waals surface area contributed by atoms with Gasteiger partial charge in [-0.25, -0.2) is 4.98 Å². The maximum absolute atomic E-state index is 4.54. The second-order valence-electron chi connectivity index (χ2n) is 3.64. The molecule has 0 saturated heterocycles. The highest BCUT2D eigenvalue weighted by molar-refractivity contribution is 7.18. The molecule has 0 aliphatic carbocycles. The molecule has 1 heterocycles. The molecule has 0 aliphatic heterocycles. The van der Waals surface area contributed by atoms with Crippen molar-refractivity contribution in [2.45, 2.75) is 13.5 Å². The Bertz CT molecular complexity index is 440. The van der Waals surface area contributed by atoms with E-state index in [1.807, 2.05) is 25.1 Å². The van der Waals surface area contributed by atoms with Gasteiger partial charge in [-0.1, -0.05) is 24.3 Å². The SMILES string of the molecule is C=C(C)CNCc1nc2ccccc2s1. The summed E-state index contributed by atoms with van der Waals surface area (Å²) in [6.07, 6.45) is 0. The molecular formula is C12H14N2S. The minimum absolute atomic E-state index is 0.826. The summed E-state index contributed by atoms with van der Waals surface area (Å²) in [5, 5.41) is 4.45. The van der Waals surface area contributed by atoms with Crippen LogP contribution < -0.4 is 5.32 Å². The van der Waals surface area contributed by atoms with E-state index in [0.717, 1.165) is 29.2 Å². The summed E-state index contributed by atoms with van der Waals surface area (Å²) in [5.74, 6) is 0. The maximum Gasteiger partial charge on any atom is 0.108 e. The Balaban J connectivity index is 2.05. The van der Waals surface area contributed by atoms with Crippen molar-refractivity contribution in [3.05, 3.63) is 41.4 Å². The molecule has 1 N–H and O–H groups in total. The fraction of sp³-hybridized carbons (Fsp3) is 0.250. The van der Waals surface area contributed by atoms with Gasteiger partial charge in [0, 0.05) is 13.1 Å². The maximum atomic E-state index is 4.54. The Labute approximate surface area is 93.7 Å². The Morgan fingerprint density at radius 1 is 1.47 bits per heavy atom. The Morgan fingerprint density at radius 3 is 3.00 bits per heavy atom. The third-order valence-electron chi connectivity index (χ3n) is 2.04. The first-order valence-corrected chi connectivity index (χ1v) is 5.77. The van der Waals surface area contributed by atoms with Crippen LogP contribution in [0, 0.1) is 0 Å². The van der Waals surface area contributed by atoms with Gasteiger partial charge >= 0.3 is 0 Å². The van der Waals surface area contributed by atoms with Gasteiger partial charge in [-0.05, 0) is 19.1 Å². The van der Waals surface area contributed by atoms with Crippen molar-refractivity contribution in [2.75, 3.05) is 6.54 Å². The molecule has 0 aliphatic rings. The van der Waals surface area contributed by atoms with Crippen LogP contribution in [0.15, 0.2) is 36.4 Å². The zero-order chi connectivity index (χ0) is 10.7. The molecule has 15 heavy (non-hydrogen) atoms. The van der Waals surface area contributed by atoms with Gasteiger partial charge < -0.3 is 5.32 Å². The van der Waals surface area contributed by atoms with E-state index in [1.165, 1.54) is 4.70 Å². The molecule has 0 radical (unpaired) electrons. The van der Waals surface area contributed by atoms with E-state index in [9.17, 15) is 0 Å². The lowest BCUT2D eigenvalue weighted by atomic mass is 10.3. The molecule has 2 aromatic rings. The Hall–Kier alpha value is -1.19. The topological polar surface area (TPSA) is 24.9 Å². The van der Waals surface area contributed by atoms with Crippen LogP contribution in [0.25, 0.3) is 10.2 Å². The highest BCUT2D eigenvalue weighted by Gasteiger charge is 2.01. The molecule has 1 aromatic carbocycles. The lowest BCUT2D eigenvalue weighted by molar-refractivity contribution is 0.738. The van der Waals surface area contributed by atoms with Gasteiger partial charge in [0.1, 0.15) is 5.01 Å². The summed E-state index contributed by atoms with van der Waals surface area (Å²) in [6, 6.07) is 8.22. The second kappa shape index (κ2) is 4.55. The average molecular weight is 218 g/mol. The van der Waals surface area contributed by atoms with Gasteiger partial charge in [-0.2, -0.15) is 0 Å². The van der Waals surface area contributed by atoms with Crippen molar-refractivity contribution in [1.82, 2.24) is 10.3 Å². The van der Waals surface area contributed by atoms with E-state index in [-0.39, 0.29) is 0 Å². The van der Waals surface area contributed by atoms with E-state index >= 15 is 0 Å². The molecule has 78 valence electrons. The fourth-order valence-corrected chi connectivity index (χ4v) is 2.32. The molecule has 1 aromatic heterocycles. The van der Waals surface area contributed by atoms with Crippen molar-refractivity contribution < 1.29 is 0 Å². The number of thiazole rings is 1. The van der Waals surface area contributed by atoms with Crippen LogP contribution in [0.1, 0.15) is 11.9 Å². The largest absolute Gasteiger partial charge is 0.307 e. The van der Waals surface area contributed by atoms with E-state index in [4.69, 9.17) is 0 Å². The van der Waals surface area contributed by atoms with Crippen LogP contribution in [0.3, 0.4) is 0 Å². The highest BCUT2D eigenvalue weighted by atomic mass is 32.1. The summed E-state index contributed by atoms with van der Waals surface area (Å²) in [4.78, 5) is 4.54. The number of hydrogen-bond acceptors (Lipinski definition) is 3. The summed E-state index contributed by atoms with van der Waals surface area (Å²) in [5.41, 5.74) is 2.24. The van der Waals surface area contributed by atoms with Gasteiger partial charge in [0.2, 0.25) is 0 Å². The van der Waals surface area contributed by atoms with Crippen LogP contribution >= 0.6 is 11.3 Å². The van der Waals surface area contributed by atoms with Crippen LogP contribution in [0.2, 0.25) is 0 Å². The van der Waals surface area contributed by atoms with Crippen molar-refractivity contribution >= 4 is 21.6 Å². The van der Waals surface area contributed by atoms with Gasteiger partial charge in [-0.3, -0.25) is 0 Å². The normalized spacial score (nSPS) is 10.7. The van der Waals surface area contributed by atoms with Crippen molar-refractivity contribution in [1.29, 1.82) is 0 Å². The van der Waals surface area contributed by atoms with Crippen molar-refractivity contribution in [3.8, 4) is 0 Å². The molecule has 3 heteroatoms. The molecule has 0 saturated carbocycles. The van der Waals surface area contributed by atoms with Crippen LogP contribution in [0.5, 0.6) is 0 Å². The summed E-state index contributed by atoms with van der Waals surface area (Å²) >= 11 is 1.75. The molecule has 2 rings (SSSR count). The molecule has 0 unspecified atom stereocenters. The lowest BCUT2D eigenvalue weighted by Crippen LogP contribution is -2.14. The summed E-state index contributed by atoms with van der Waals surface area (Å²) in [6.45, 7) is 7.55. The number of para-hydroxylation sites is 1. The predicted octanol–water partition coefficient (Wildman–Crippen LogP) is 2.96. The van der Waals surface area contributed by atoms with Gasteiger partial charge in [0.25, 0.3) is 0 Å². The number of hydrogen-bond donors (Lipinski definition) is 1. The minimum atomic E-state index is 0.826. The Morgan fingerprint density at radius 2 is 2.27 bits per heavy atom. The Kier molecular flexibility index (Phi) is 3.14. The first-order chi connectivity index (χ1) is 7.25. The van der Waals surface area contributed by atoms with Gasteiger partial charge in [0.05, 0.1) is 10.2 Å². The minimum Gasteiger partial charge on any atom is -0.307 e. The molecule has 0 spiro atoms. The summed E-state index contributed by atoms with van der Waals surface area (Å²) in [7, 11) is 0. The first-order valence-electron chi connectivity index (χ1n) is 4.95. The smallest absolute Gasteiger partial charge is 0.108 e. The zero-order valence-corrected chi connectivity index (χ0v) is 9.60. The number of nitrogens with zero attached hydrogens (tertiary/aromatic N) is 1. The van der Waals surface area contributed by atoms with E-state index < -0.39 is 0 Å². The van der Waals surface area contributed by atoms with Gasteiger partial charge in [-0.15, -0.1) is 11.3 Å². The van der Waals surface area contributed by atoms with Crippen LogP contribution in [0.4, 0.5) is 0 Å². The monoisotopic (exact) mass is 218 g/mol. The standard InChI is InChI=1S/C12H14N2S/c1-9(2)7-13-8-12-14-10-5-3-4-6-11(10)15-12/h3-6,13H,1,7-8H2,2H3. The molecule has 0 bridgehead atoms.